The number of urea groups is 1. The number of amides is 3. The number of piperidine rings is 1. The van der Waals surface area contributed by atoms with Gasteiger partial charge < -0.3 is 20.6 Å². The molecule has 0 radical (unpaired) electrons. The molecule has 1 rings (SSSR count). The first kappa shape index (κ1) is 14.3. The summed E-state index contributed by atoms with van der Waals surface area (Å²) >= 11 is 0. The lowest BCUT2D eigenvalue weighted by molar-refractivity contribution is -0.137. The summed E-state index contributed by atoms with van der Waals surface area (Å²) in [5.74, 6) is -1.78. The lowest BCUT2D eigenvalue weighted by Crippen LogP contribution is -2.50. The van der Waals surface area contributed by atoms with Crippen molar-refractivity contribution in [3.05, 3.63) is 0 Å². The van der Waals surface area contributed by atoms with Gasteiger partial charge in [0, 0.05) is 19.6 Å². The normalized spacial score (nSPS) is 19.4. The van der Waals surface area contributed by atoms with E-state index in [1.807, 2.05) is 0 Å². The Balaban J connectivity index is 2.64. The van der Waals surface area contributed by atoms with Crippen molar-refractivity contribution in [1.29, 1.82) is 0 Å². The molecule has 0 aromatic heterocycles. The number of likely N-dealkylation sites (tertiary alicyclic amines) is 1. The van der Waals surface area contributed by atoms with Crippen LogP contribution in [0.2, 0.25) is 0 Å². The van der Waals surface area contributed by atoms with E-state index < -0.39 is 11.9 Å². The number of likely N-dealkylation sites (N-methyl/N-ethyl adjacent to an activating group) is 1. The van der Waals surface area contributed by atoms with E-state index in [1.54, 1.807) is 6.92 Å². The van der Waals surface area contributed by atoms with Gasteiger partial charge in [0.2, 0.25) is 5.91 Å². The van der Waals surface area contributed by atoms with Crippen molar-refractivity contribution in [2.24, 2.45) is 11.7 Å². The highest BCUT2D eigenvalue weighted by Crippen LogP contribution is 2.17. The molecule has 1 fully saturated rings. The van der Waals surface area contributed by atoms with Gasteiger partial charge in [0.1, 0.15) is 6.54 Å². The molecule has 0 spiro atoms. The summed E-state index contributed by atoms with van der Waals surface area (Å²) in [6, 6.07) is -0.342. The second-order valence-corrected chi connectivity index (χ2v) is 4.38. The Bertz CT molecular complexity index is 345. The Kier molecular flexibility index (Phi) is 4.94. The van der Waals surface area contributed by atoms with Crippen LogP contribution in [-0.2, 0) is 9.59 Å². The zero-order valence-corrected chi connectivity index (χ0v) is 10.5. The lowest BCUT2D eigenvalue weighted by Gasteiger charge is -2.34. The molecule has 0 bridgehead atoms. The minimum absolute atomic E-state index is 0.282. The van der Waals surface area contributed by atoms with Crippen LogP contribution < -0.4 is 5.73 Å². The van der Waals surface area contributed by atoms with E-state index in [0.717, 1.165) is 0 Å². The van der Waals surface area contributed by atoms with Gasteiger partial charge in [0.15, 0.2) is 0 Å². The zero-order valence-electron chi connectivity index (χ0n) is 10.5. The van der Waals surface area contributed by atoms with Gasteiger partial charge in [-0.1, -0.05) is 0 Å². The van der Waals surface area contributed by atoms with Crippen LogP contribution in [0.1, 0.15) is 19.8 Å². The molecule has 1 saturated heterocycles. The second-order valence-electron chi connectivity index (χ2n) is 4.38. The van der Waals surface area contributed by atoms with Crippen molar-refractivity contribution >= 4 is 17.9 Å². The van der Waals surface area contributed by atoms with Crippen LogP contribution in [0.3, 0.4) is 0 Å². The highest BCUT2D eigenvalue weighted by atomic mass is 16.4. The fourth-order valence-corrected chi connectivity index (χ4v) is 2.06. The molecule has 102 valence electrons. The highest BCUT2D eigenvalue weighted by Gasteiger charge is 2.29. The van der Waals surface area contributed by atoms with Crippen LogP contribution in [-0.4, -0.2) is 59.0 Å². The Morgan fingerprint density at radius 3 is 2.61 bits per heavy atom. The molecular formula is C11H19N3O4. The quantitative estimate of drug-likeness (QED) is 0.722. The van der Waals surface area contributed by atoms with Gasteiger partial charge >= 0.3 is 12.0 Å². The summed E-state index contributed by atoms with van der Waals surface area (Å²) in [5, 5.41) is 8.72. The van der Waals surface area contributed by atoms with Crippen molar-refractivity contribution in [3.63, 3.8) is 0 Å². The third-order valence-electron chi connectivity index (χ3n) is 3.07. The minimum atomic E-state index is -1.05. The average Bonchev–Trinajstić information content (AvgIpc) is 2.35. The number of hydrogen-bond donors (Lipinski definition) is 2. The van der Waals surface area contributed by atoms with Crippen LogP contribution in [0, 0.1) is 5.92 Å². The van der Waals surface area contributed by atoms with Crippen molar-refractivity contribution in [2.75, 3.05) is 26.2 Å². The molecule has 3 N–H and O–H groups in total. The summed E-state index contributed by atoms with van der Waals surface area (Å²) < 4.78 is 0. The Hall–Kier alpha value is -1.79. The van der Waals surface area contributed by atoms with E-state index in [-0.39, 0.29) is 25.0 Å². The molecule has 0 aromatic rings. The molecule has 7 heteroatoms. The van der Waals surface area contributed by atoms with Crippen molar-refractivity contribution < 1.29 is 19.5 Å². The number of hydrogen-bond acceptors (Lipinski definition) is 3. The van der Waals surface area contributed by atoms with Gasteiger partial charge in [-0.05, 0) is 19.8 Å². The van der Waals surface area contributed by atoms with E-state index in [4.69, 9.17) is 10.8 Å². The van der Waals surface area contributed by atoms with Crippen molar-refractivity contribution in [3.8, 4) is 0 Å². The van der Waals surface area contributed by atoms with Crippen LogP contribution in [0.15, 0.2) is 0 Å². The first-order valence-electron chi connectivity index (χ1n) is 6.00. The Labute approximate surface area is 106 Å². The number of rotatable bonds is 4. The van der Waals surface area contributed by atoms with E-state index in [2.05, 4.69) is 0 Å². The maximum Gasteiger partial charge on any atom is 0.323 e. The van der Waals surface area contributed by atoms with Gasteiger partial charge in [0.05, 0.1) is 5.92 Å². The van der Waals surface area contributed by atoms with Gasteiger partial charge in [-0.2, -0.15) is 0 Å². The van der Waals surface area contributed by atoms with Crippen LogP contribution in [0.5, 0.6) is 0 Å². The fraction of sp³-hybridized carbons (Fsp3) is 0.727. The number of primary amides is 1. The van der Waals surface area contributed by atoms with Crippen LogP contribution in [0.4, 0.5) is 4.79 Å². The largest absolute Gasteiger partial charge is 0.480 e. The molecule has 0 aliphatic carbocycles. The van der Waals surface area contributed by atoms with Crippen LogP contribution >= 0.6 is 0 Å². The second kappa shape index (κ2) is 6.23. The maximum absolute atomic E-state index is 12.1. The van der Waals surface area contributed by atoms with Gasteiger partial charge in [-0.25, -0.2) is 4.79 Å². The molecule has 0 saturated carbocycles. The first-order valence-corrected chi connectivity index (χ1v) is 6.00. The molecule has 7 nitrogen and oxygen atoms in total. The zero-order chi connectivity index (χ0) is 13.7. The molecule has 3 amide bonds. The number of carboxylic acids is 1. The topological polar surface area (TPSA) is 104 Å². The van der Waals surface area contributed by atoms with E-state index in [0.29, 0.717) is 25.9 Å². The first-order chi connectivity index (χ1) is 8.45. The SMILES string of the molecule is CCN(CC(=O)O)C(=O)N1CCCC(C(N)=O)C1. The molecular weight excluding hydrogens is 238 g/mol. The maximum atomic E-state index is 12.1. The predicted octanol–water partition coefficient (Wildman–Crippen LogP) is -0.290. The number of nitrogens with two attached hydrogens (primary N) is 1. The lowest BCUT2D eigenvalue weighted by atomic mass is 9.98. The molecule has 0 aromatic carbocycles. The number of carboxylic acid groups (broad SMARTS) is 1. The summed E-state index contributed by atoms with van der Waals surface area (Å²) in [7, 11) is 0. The molecule has 1 atom stereocenters. The molecule has 1 heterocycles. The number of carbonyl (C=O) groups is 3. The number of aliphatic carboxylic acids is 1. The Morgan fingerprint density at radius 1 is 1.44 bits per heavy atom. The van der Waals surface area contributed by atoms with E-state index in [1.165, 1.54) is 9.80 Å². The molecule has 1 aliphatic rings. The Morgan fingerprint density at radius 2 is 2.11 bits per heavy atom. The number of nitrogens with zero attached hydrogens (tertiary/aromatic N) is 2. The highest BCUT2D eigenvalue weighted by molar-refractivity contribution is 5.82. The smallest absolute Gasteiger partial charge is 0.323 e. The van der Waals surface area contributed by atoms with Crippen molar-refractivity contribution in [1.82, 2.24) is 9.80 Å². The van der Waals surface area contributed by atoms with Crippen molar-refractivity contribution in [2.45, 2.75) is 19.8 Å². The molecule has 1 unspecified atom stereocenters. The predicted molar refractivity (Wildman–Crippen MR) is 63.8 cm³/mol. The standard InChI is InChI=1S/C11H19N3O4/c1-2-13(7-9(15)16)11(18)14-5-3-4-8(6-14)10(12)17/h8H,2-7H2,1H3,(H2,12,17)(H,15,16). The summed E-state index contributed by atoms with van der Waals surface area (Å²) in [6.07, 6.45) is 1.40. The summed E-state index contributed by atoms with van der Waals surface area (Å²) in [5.41, 5.74) is 5.23. The monoisotopic (exact) mass is 257 g/mol. The minimum Gasteiger partial charge on any atom is -0.480 e. The summed E-state index contributed by atoms with van der Waals surface area (Å²) in [6.45, 7) is 2.54. The van der Waals surface area contributed by atoms with Crippen LogP contribution in [0.25, 0.3) is 0 Å². The van der Waals surface area contributed by atoms with E-state index >= 15 is 0 Å². The average molecular weight is 257 g/mol. The third-order valence-corrected chi connectivity index (χ3v) is 3.07. The van der Waals surface area contributed by atoms with Gasteiger partial charge in [-0.15, -0.1) is 0 Å². The van der Waals surface area contributed by atoms with Gasteiger partial charge in [-0.3, -0.25) is 9.59 Å². The number of carbonyl (C=O) groups excluding carboxylic acids is 2. The van der Waals surface area contributed by atoms with E-state index in [9.17, 15) is 14.4 Å². The molecule has 18 heavy (non-hydrogen) atoms. The molecule has 1 aliphatic heterocycles. The fourth-order valence-electron chi connectivity index (χ4n) is 2.06. The van der Waals surface area contributed by atoms with Gasteiger partial charge in [0.25, 0.3) is 0 Å². The third kappa shape index (κ3) is 3.61. The summed E-state index contributed by atoms with van der Waals surface area (Å²) in [4.78, 5) is 36.6.